The van der Waals surface area contributed by atoms with E-state index < -0.39 is 34.0 Å². The molecule has 26 heavy (non-hydrogen) atoms. The first-order valence-corrected chi connectivity index (χ1v) is 10.9. The van der Waals surface area contributed by atoms with E-state index in [9.17, 15) is 17.6 Å². The van der Waals surface area contributed by atoms with Crippen LogP contribution in [0.2, 0.25) is 5.02 Å². The maximum absolute atomic E-state index is 13.3. The first-order valence-electron chi connectivity index (χ1n) is 7.44. The molecule has 1 saturated heterocycles. The molecule has 1 amide bonds. The maximum atomic E-state index is 13.3. The maximum Gasteiger partial charge on any atom is 0.280 e. The summed E-state index contributed by atoms with van der Waals surface area (Å²) in [6, 6.07) is 5.97. The molecule has 2 N–H and O–H groups in total. The molecule has 1 aromatic heterocycles. The van der Waals surface area contributed by atoms with Crippen molar-refractivity contribution in [3.8, 4) is 0 Å². The fourth-order valence-corrected chi connectivity index (χ4v) is 5.62. The van der Waals surface area contributed by atoms with Crippen LogP contribution in [0.15, 0.2) is 34.1 Å². The molecule has 0 bridgehead atoms. The summed E-state index contributed by atoms with van der Waals surface area (Å²) in [6.45, 7) is 0. The van der Waals surface area contributed by atoms with Gasteiger partial charge in [0.1, 0.15) is 11.9 Å². The third-order valence-corrected chi connectivity index (χ3v) is 7.62. The van der Waals surface area contributed by atoms with Gasteiger partial charge in [-0.15, -0.1) is 11.3 Å². The number of nitrogens with zero attached hydrogens (tertiary/aromatic N) is 1. The number of carbonyl (C=O) groups excluding carboxylic acids is 1. The molecule has 0 spiro atoms. The van der Waals surface area contributed by atoms with Crippen LogP contribution in [0.3, 0.4) is 0 Å². The van der Waals surface area contributed by atoms with Gasteiger partial charge < -0.3 is 5.32 Å². The van der Waals surface area contributed by atoms with Gasteiger partial charge in [-0.3, -0.25) is 4.79 Å². The summed E-state index contributed by atoms with van der Waals surface area (Å²) in [7, 11) is -2.48. The van der Waals surface area contributed by atoms with Crippen LogP contribution in [0.5, 0.6) is 0 Å². The number of anilines is 1. The lowest BCUT2D eigenvalue weighted by molar-refractivity contribution is -0.120. The number of thiophene rings is 1. The monoisotopic (exact) mass is 481 g/mol. The fourth-order valence-electron chi connectivity index (χ4n) is 2.61. The Hall–Kier alpha value is -1.04. The Morgan fingerprint density at radius 2 is 2.15 bits per heavy atom. The minimum Gasteiger partial charge on any atom is -0.325 e. The smallest absolute Gasteiger partial charge is 0.280 e. The predicted octanol–water partition coefficient (Wildman–Crippen LogP) is 3.52. The number of likely N-dealkylation sites (N-methyl/N-ethyl adjacent to an activating group) is 1. The number of carbonyl (C=O) groups is 1. The largest absolute Gasteiger partial charge is 0.325 e. The number of rotatable bonds is 3. The molecule has 1 aliphatic rings. The number of amides is 1. The van der Waals surface area contributed by atoms with Crippen LogP contribution in [0.4, 0.5) is 10.1 Å². The SMILES string of the molecule is CN1[C@@H](C(=O)Nc2ccc(F)c(Cl)c2)C[C@H](c2ccc(Br)s2)NS1(=O)=O. The van der Waals surface area contributed by atoms with E-state index in [4.69, 9.17) is 11.6 Å². The van der Waals surface area contributed by atoms with Gasteiger partial charge >= 0.3 is 0 Å². The number of hydrogen-bond donors (Lipinski definition) is 2. The summed E-state index contributed by atoms with van der Waals surface area (Å²) in [5.41, 5.74) is 0.293. The van der Waals surface area contributed by atoms with Gasteiger partial charge in [0.2, 0.25) is 5.91 Å². The molecule has 3 rings (SSSR count). The molecule has 1 fully saturated rings. The van der Waals surface area contributed by atoms with Crippen molar-refractivity contribution in [3.05, 3.63) is 49.8 Å². The van der Waals surface area contributed by atoms with E-state index in [2.05, 4.69) is 26.0 Å². The molecule has 6 nitrogen and oxygen atoms in total. The normalized spacial score (nSPS) is 22.9. The molecule has 2 atom stereocenters. The van der Waals surface area contributed by atoms with E-state index in [0.29, 0.717) is 5.69 Å². The van der Waals surface area contributed by atoms with E-state index >= 15 is 0 Å². The molecule has 0 unspecified atom stereocenters. The summed E-state index contributed by atoms with van der Waals surface area (Å²) >= 11 is 10.5. The first kappa shape index (κ1) is 19.7. The van der Waals surface area contributed by atoms with Gasteiger partial charge in [-0.05, 0) is 52.7 Å². The summed E-state index contributed by atoms with van der Waals surface area (Å²) in [5.74, 6) is -1.12. The zero-order chi connectivity index (χ0) is 19.1. The van der Waals surface area contributed by atoms with Crippen LogP contribution >= 0.6 is 38.9 Å². The quantitative estimate of drug-likeness (QED) is 0.703. The van der Waals surface area contributed by atoms with E-state index in [1.807, 2.05) is 12.1 Å². The van der Waals surface area contributed by atoms with Crippen molar-refractivity contribution in [3.63, 3.8) is 0 Å². The molecule has 2 aromatic rings. The van der Waals surface area contributed by atoms with Crippen LogP contribution in [0.1, 0.15) is 17.3 Å². The van der Waals surface area contributed by atoms with Gasteiger partial charge in [0.05, 0.1) is 14.9 Å². The lowest BCUT2D eigenvalue weighted by Gasteiger charge is -2.35. The molecule has 2 heterocycles. The van der Waals surface area contributed by atoms with E-state index in [0.717, 1.165) is 19.0 Å². The lowest BCUT2D eigenvalue weighted by atomic mass is 10.1. The van der Waals surface area contributed by atoms with Crippen LogP contribution < -0.4 is 10.0 Å². The molecular formula is C15H14BrClFN3O3S2. The topological polar surface area (TPSA) is 78.5 Å². The zero-order valence-corrected chi connectivity index (χ0v) is 17.3. The average Bonchev–Trinajstić information content (AvgIpc) is 2.99. The number of halogens is 3. The van der Waals surface area contributed by atoms with Gasteiger partial charge in [0, 0.05) is 17.6 Å². The van der Waals surface area contributed by atoms with Gasteiger partial charge in [-0.1, -0.05) is 11.6 Å². The molecule has 0 saturated carbocycles. The third-order valence-electron chi connectivity index (χ3n) is 4.00. The van der Waals surface area contributed by atoms with E-state index in [1.54, 1.807) is 0 Å². The molecule has 0 radical (unpaired) electrons. The highest BCUT2D eigenvalue weighted by Gasteiger charge is 2.41. The van der Waals surface area contributed by atoms with Gasteiger partial charge in [-0.2, -0.15) is 17.4 Å². The van der Waals surface area contributed by atoms with Gasteiger partial charge in [0.25, 0.3) is 10.2 Å². The molecular weight excluding hydrogens is 469 g/mol. The summed E-state index contributed by atoms with van der Waals surface area (Å²) in [5, 5.41) is 2.47. The highest BCUT2D eigenvalue weighted by atomic mass is 79.9. The molecule has 11 heteroatoms. The first-order chi connectivity index (χ1) is 12.2. The van der Waals surface area contributed by atoms with E-state index in [1.165, 1.54) is 30.5 Å². The number of nitrogens with one attached hydrogen (secondary N) is 2. The second-order valence-electron chi connectivity index (χ2n) is 5.70. The van der Waals surface area contributed by atoms with Crippen molar-refractivity contribution < 1.29 is 17.6 Å². The lowest BCUT2D eigenvalue weighted by Crippen LogP contribution is -2.55. The minimum atomic E-state index is -3.82. The third kappa shape index (κ3) is 4.10. The highest BCUT2D eigenvalue weighted by Crippen LogP contribution is 2.34. The molecule has 1 aliphatic heterocycles. The summed E-state index contributed by atoms with van der Waals surface area (Å²) in [6.07, 6.45) is 0.253. The van der Waals surface area contributed by atoms with Crippen LogP contribution in [-0.4, -0.2) is 31.7 Å². The van der Waals surface area contributed by atoms with Crippen LogP contribution in [0.25, 0.3) is 0 Å². The molecule has 140 valence electrons. The number of benzene rings is 1. The van der Waals surface area contributed by atoms with Crippen molar-refractivity contribution in [1.29, 1.82) is 0 Å². The van der Waals surface area contributed by atoms with Crippen molar-refractivity contribution >= 4 is 60.7 Å². The summed E-state index contributed by atoms with van der Waals surface area (Å²) in [4.78, 5) is 13.5. The van der Waals surface area contributed by atoms with Crippen molar-refractivity contribution in [2.75, 3.05) is 12.4 Å². The second-order valence-corrected chi connectivity index (χ2v) is 10.4. The van der Waals surface area contributed by atoms with Gasteiger partial charge in [-0.25, -0.2) is 4.39 Å². The van der Waals surface area contributed by atoms with Gasteiger partial charge in [0.15, 0.2) is 0 Å². The standard InChI is InChI=1S/C15H14BrClFN3O3S2/c1-21-12(15(22)19-8-2-3-10(18)9(17)6-8)7-11(20-26(21,23)24)13-4-5-14(16)25-13/h2-6,11-12,20H,7H2,1H3,(H,19,22)/t11-,12-/m1/s1. The molecule has 0 aliphatic carbocycles. The van der Waals surface area contributed by atoms with Crippen molar-refractivity contribution in [1.82, 2.24) is 9.03 Å². The number of hydrogen-bond acceptors (Lipinski definition) is 4. The van der Waals surface area contributed by atoms with Crippen molar-refractivity contribution in [2.45, 2.75) is 18.5 Å². The van der Waals surface area contributed by atoms with Crippen LogP contribution in [-0.2, 0) is 15.0 Å². The minimum absolute atomic E-state index is 0.129. The Bertz CT molecular complexity index is 953. The van der Waals surface area contributed by atoms with Crippen molar-refractivity contribution in [2.24, 2.45) is 0 Å². The second kappa shape index (κ2) is 7.53. The average molecular weight is 483 g/mol. The zero-order valence-electron chi connectivity index (χ0n) is 13.4. The Balaban J connectivity index is 1.83. The Kier molecular flexibility index (Phi) is 5.71. The predicted molar refractivity (Wildman–Crippen MR) is 103 cm³/mol. The molecule has 1 aromatic carbocycles. The Morgan fingerprint density at radius 1 is 1.42 bits per heavy atom. The Labute approximate surface area is 167 Å². The van der Waals surface area contributed by atoms with E-state index in [-0.39, 0.29) is 11.4 Å². The van der Waals surface area contributed by atoms with Crippen LogP contribution in [0, 0.1) is 5.82 Å². The fraction of sp³-hybridized carbons (Fsp3) is 0.267. The Morgan fingerprint density at radius 3 is 2.77 bits per heavy atom. The highest BCUT2D eigenvalue weighted by molar-refractivity contribution is 9.11. The summed E-state index contributed by atoms with van der Waals surface area (Å²) < 4.78 is 42.5.